The Morgan fingerprint density at radius 3 is 2.74 bits per heavy atom. The molecule has 162 valence electrons. The Bertz CT molecular complexity index is 1080. The second kappa shape index (κ2) is 10.1. The number of ether oxygens (including phenoxy) is 1. The predicted octanol–water partition coefficient (Wildman–Crippen LogP) is 4.60. The molecule has 0 unspecified atom stereocenters. The predicted molar refractivity (Wildman–Crippen MR) is 115 cm³/mol. The van der Waals surface area contributed by atoms with Gasteiger partial charge >= 0.3 is 0 Å². The fourth-order valence-corrected chi connectivity index (χ4v) is 3.21. The average molecular weight is 446 g/mol. The third-order valence-corrected chi connectivity index (χ3v) is 4.63. The molecule has 0 fully saturated rings. The minimum absolute atomic E-state index is 0.0218. The number of carbonyl (C=O) groups is 2. The molecule has 3 aromatic rings. The average Bonchev–Trinajstić information content (AvgIpc) is 3.08. The standard InChI is InChI=1S/C22H21ClFN3O4/c1-13-19(21(27-31-13)20-17(23)8-4-9-18(20)24)22(29)25-10-5-11-30-16-7-3-6-15(12-16)26-14(2)28/h3-4,6-9,12H,5,10-11H2,1-2H3,(H,25,29)(H,26,28). The topological polar surface area (TPSA) is 93.5 Å². The van der Waals surface area contributed by atoms with Crippen LogP contribution in [0.4, 0.5) is 10.1 Å². The number of nitrogens with one attached hydrogen (secondary N) is 2. The summed E-state index contributed by atoms with van der Waals surface area (Å²) in [6.45, 7) is 3.67. The molecule has 2 aromatic carbocycles. The summed E-state index contributed by atoms with van der Waals surface area (Å²) in [5.74, 6) is -0.341. The maximum absolute atomic E-state index is 14.3. The second-order valence-corrected chi connectivity index (χ2v) is 7.13. The highest BCUT2D eigenvalue weighted by Crippen LogP contribution is 2.33. The highest BCUT2D eigenvalue weighted by Gasteiger charge is 2.25. The van der Waals surface area contributed by atoms with Gasteiger partial charge in [0.05, 0.1) is 17.2 Å². The van der Waals surface area contributed by atoms with Gasteiger partial charge in [0, 0.05) is 25.2 Å². The van der Waals surface area contributed by atoms with Gasteiger partial charge in [-0.3, -0.25) is 9.59 Å². The largest absolute Gasteiger partial charge is 0.493 e. The molecule has 7 nitrogen and oxygen atoms in total. The number of halogens is 2. The molecule has 0 radical (unpaired) electrons. The summed E-state index contributed by atoms with van der Waals surface area (Å²) in [5, 5.41) is 9.40. The Morgan fingerprint density at radius 2 is 2.00 bits per heavy atom. The van der Waals surface area contributed by atoms with E-state index in [4.69, 9.17) is 20.9 Å². The Hall–Kier alpha value is -3.39. The van der Waals surface area contributed by atoms with Crippen LogP contribution in [0.1, 0.15) is 29.5 Å². The lowest BCUT2D eigenvalue weighted by Crippen LogP contribution is -2.26. The third-order valence-electron chi connectivity index (χ3n) is 4.32. The Kier molecular flexibility index (Phi) is 7.25. The van der Waals surface area contributed by atoms with Crippen molar-refractivity contribution >= 4 is 29.1 Å². The lowest BCUT2D eigenvalue weighted by Gasteiger charge is -2.09. The van der Waals surface area contributed by atoms with Crippen molar-refractivity contribution in [3.8, 4) is 17.0 Å². The van der Waals surface area contributed by atoms with Crippen LogP contribution >= 0.6 is 11.6 Å². The Labute approximate surface area is 183 Å². The molecular formula is C22H21ClFN3O4. The van der Waals surface area contributed by atoms with E-state index in [0.717, 1.165) is 0 Å². The summed E-state index contributed by atoms with van der Waals surface area (Å²) in [5.41, 5.74) is 0.856. The van der Waals surface area contributed by atoms with E-state index in [2.05, 4.69) is 15.8 Å². The molecule has 1 aromatic heterocycles. The van der Waals surface area contributed by atoms with E-state index < -0.39 is 11.7 Å². The molecule has 2 amide bonds. The van der Waals surface area contributed by atoms with Gasteiger partial charge in [0.1, 0.15) is 28.6 Å². The number of benzene rings is 2. The SMILES string of the molecule is CC(=O)Nc1cccc(OCCCNC(=O)c2c(-c3c(F)cccc3Cl)noc2C)c1. The van der Waals surface area contributed by atoms with Gasteiger partial charge in [-0.2, -0.15) is 0 Å². The van der Waals surface area contributed by atoms with E-state index in [1.165, 1.54) is 25.1 Å². The fourth-order valence-electron chi connectivity index (χ4n) is 2.95. The highest BCUT2D eigenvalue weighted by atomic mass is 35.5. The van der Waals surface area contributed by atoms with Crippen LogP contribution in [0.15, 0.2) is 47.0 Å². The summed E-state index contributed by atoms with van der Waals surface area (Å²) in [4.78, 5) is 23.8. The number of rotatable bonds is 8. The maximum atomic E-state index is 14.3. The van der Waals surface area contributed by atoms with Gasteiger partial charge in [0.2, 0.25) is 5.91 Å². The van der Waals surface area contributed by atoms with Gasteiger partial charge in [-0.05, 0) is 37.6 Å². The van der Waals surface area contributed by atoms with Crippen molar-refractivity contribution < 1.29 is 23.2 Å². The van der Waals surface area contributed by atoms with Crippen LogP contribution in [0.2, 0.25) is 5.02 Å². The van der Waals surface area contributed by atoms with Crippen molar-refractivity contribution in [2.45, 2.75) is 20.3 Å². The zero-order valence-corrected chi connectivity index (χ0v) is 17.8. The van der Waals surface area contributed by atoms with Crippen LogP contribution in [0.5, 0.6) is 5.75 Å². The molecule has 0 spiro atoms. The smallest absolute Gasteiger partial charge is 0.257 e. The number of carbonyl (C=O) groups excluding carboxylic acids is 2. The second-order valence-electron chi connectivity index (χ2n) is 6.73. The quantitative estimate of drug-likeness (QED) is 0.494. The van der Waals surface area contributed by atoms with Crippen molar-refractivity contribution in [3.63, 3.8) is 0 Å². The van der Waals surface area contributed by atoms with Gasteiger partial charge in [-0.15, -0.1) is 0 Å². The summed E-state index contributed by atoms with van der Waals surface area (Å²) < 4.78 is 25.0. The summed E-state index contributed by atoms with van der Waals surface area (Å²) in [7, 11) is 0. The first kappa shape index (κ1) is 22.3. The first-order chi connectivity index (χ1) is 14.9. The molecule has 3 rings (SSSR count). The van der Waals surface area contributed by atoms with E-state index in [-0.39, 0.29) is 33.5 Å². The molecule has 2 N–H and O–H groups in total. The Balaban J connectivity index is 1.57. The lowest BCUT2D eigenvalue weighted by atomic mass is 10.0. The van der Waals surface area contributed by atoms with Crippen molar-refractivity contribution in [2.24, 2.45) is 0 Å². The number of anilines is 1. The highest BCUT2D eigenvalue weighted by molar-refractivity contribution is 6.33. The maximum Gasteiger partial charge on any atom is 0.257 e. The normalized spacial score (nSPS) is 10.6. The van der Waals surface area contributed by atoms with Crippen LogP contribution in [-0.4, -0.2) is 30.1 Å². The van der Waals surface area contributed by atoms with Crippen LogP contribution in [0, 0.1) is 12.7 Å². The number of hydrogen-bond acceptors (Lipinski definition) is 5. The number of aromatic nitrogens is 1. The van der Waals surface area contributed by atoms with Gasteiger partial charge < -0.3 is 19.9 Å². The minimum Gasteiger partial charge on any atom is -0.493 e. The van der Waals surface area contributed by atoms with E-state index in [1.54, 1.807) is 31.2 Å². The summed E-state index contributed by atoms with van der Waals surface area (Å²) in [6.07, 6.45) is 0.524. The van der Waals surface area contributed by atoms with Crippen LogP contribution in [0.3, 0.4) is 0 Å². The zero-order chi connectivity index (χ0) is 22.4. The van der Waals surface area contributed by atoms with Gasteiger partial charge in [0.25, 0.3) is 5.91 Å². The molecule has 1 heterocycles. The van der Waals surface area contributed by atoms with Crippen molar-refractivity contribution in [1.82, 2.24) is 10.5 Å². The molecule has 0 saturated heterocycles. The molecular weight excluding hydrogens is 425 g/mol. The van der Waals surface area contributed by atoms with Crippen molar-refractivity contribution in [3.05, 3.63) is 64.6 Å². The van der Waals surface area contributed by atoms with E-state index >= 15 is 0 Å². The fraction of sp³-hybridized carbons (Fsp3) is 0.227. The molecule has 0 saturated carbocycles. The molecule has 0 aliphatic heterocycles. The van der Waals surface area contributed by atoms with Gasteiger partial charge in [-0.25, -0.2) is 4.39 Å². The first-order valence-corrected chi connectivity index (χ1v) is 9.94. The Morgan fingerprint density at radius 1 is 1.23 bits per heavy atom. The number of aryl methyl sites for hydroxylation is 1. The number of nitrogens with zero attached hydrogens (tertiary/aromatic N) is 1. The molecule has 0 aliphatic rings. The van der Waals surface area contributed by atoms with Gasteiger partial charge in [-0.1, -0.05) is 28.9 Å². The monoisotopic (exact) mass is 445 g/mol. The summed E-state index contributed by atoms with van der Waals surface area (Å²) >= 11 is 6.10. The zero-order valence-electron chi connectivity index (χ0n) is 17.0. The number of amides is 2. The third kappa shape index (κ3) is 5.61. The van der Waals surface area contributed by atoms with Crippen LogP contribution in [0.25, 0.3) is 11.3 Å². The molecule has 0 aliphatic carbocycles. The molecule has 0 bridgehead atoms. The lowest BCUT2D eigenvalue weighted by molar-refractivity contribution is -0.114. The van der Waals surface area contributed by atoms with E-state index in [9.17, 15) is 14.0 Å². The van der Waals surface area contributed by atoms with Crippen molar-refractivity contribution in [2.75, 3.05) is 18.5 Å². The van der Waals surface area contributed by atoms with Crippen molar-refractivity contribution in [1.29, 1.82) is 0 Å². The first-order valence-electron chi connectivity index (χ1n) is 9.56. The van der Waals surface area contributed by atoms with Crippen LogP contribution in [-0.2, 0) is 4.79 Å². The molecule has 9 heteroatoms. The van der Waals surface area contributed by atoms with E-state index in [0.29, 0.717) is 31.0 Å². The summed E-state index contributed by atoms with van der Waals surface area (Å²) in [6, 6.07) is 11.2. The van der Waals surface area contributed by atoms with Gasteiger partial charge in [0.15, 0.2) is 0 Å². The molecule has 0 atom stereocenters. The number of hydrogen-bond donors (Lipinski definition) is 2. The minimum atomic E-state index is -0.593. The van der Waals surface area contributed by atoms with Crippen LogP contribution < -0.4 is 15.4 Å². The molecule has 31 heavy (non-hydrogen) atoms. The van der Waals surface area contributed by atoms with E-state index in [1.807, 2.05) is 0 Å².